The highest BCUT2D eigenvalue weighted by Crippen LogP contribution is 2.20. The lowest BCUT2D eigenvalue weighted by Gasteiger charge is -2.26. The Morgan fingerprint density at radius 1 is 0.977 bits per heavy atom. The van der Waals surface area contributed by atoms with E-state index in [2.05, 4.69) is 38.3 Å². The van der Waals surface area contributed by atoms with E-state index in [9.17, 15) is 19.2 Å². The molecular formula is C32H43N5O6. The Labute approximate surface area is 253 Å². The zero-order chi connectivity index (χ0) is 30.6. The molecule has 0 radical (unpaired) electrons. The maximum atomic E-state index is 13.4. The fourth-order valence-corrected chi connectivity index (χ4v) is 4.99. The van der Waals surface area contributed by atoms with Crippen molar-refractivity contribution >= 4 is 23.6 Å². The van der Waals surface area contributed by atoms with Gasteiger partial charge in [0.25, 0.3) is 5.91 Å². The third-order valence-electron chi connectivity index (χ3n) is 7.63. The first-order valence-electron chi connectivity index (χ1n) is 15.0. The van der Waals surface area contributed by atoms with Crippen LogP contribution < -0.4 is 26.0 Å². The monoisotopic (exact) mass is 593 g/mol. The van der Waals surface area contributed by atoms with Crippen LogP contribution in [0.15, 0.2) is 48.5 Å². The van der Waals surface area contributed by atoms with Crippen molar-refractivity contribution in [2.75, 3.05) is 39.5 Å². The number of para-hydroxylation sites is 1. The van der Waals surface area contributed by atoms with Crippen LogP contribution in [0.25, 0.3) is 0 Å². The average molecular weight is 594 g/mol. The van der Waals surface area contributed by atoms with Gasteiger partial charge in [-0.25, -0.2) is 0 Å². The summed E-state index contributed by atoms with van der Waals surface area (Å²) >= 11 is 0. The van der Waals surface area contributed by atoms with Gasteiger partial charge in [-0.1, -0.05) is 50.2 Å². The summed E-state index contributed by atoms with van der Waals surface area (Å²) in [7, 11) is 0. The molecule has 2 aliphatic rings. The number of carbonyl (C=O) groups is 4. The Balaban J connectivity index is 1.46. The molecule has 2 heterocycles. The number of benzene rings is 2. The molecule has 0 spiro atoms. The van der Waals surface area contributed by atoms with Gasteiger partial charge in [0.05, 0.1) is 24.8 Å². The molecule has 2 atom stereocenters. The molecule has 4 N–H and O–H groups in total. The maximum absolute atomic E-state index is 13.4. The molecule has 0 aromatic heterocycles. The van der Waals surface area contributed by atoms with E-state index in [4.69, 9.17) is 9.47 Å². The molecule has 0 unspecified atom stereocenters. The molecule has 2 aromatic rings. The van der Waals surface area contributed by atoms with Gasteiger partial charge < -0.3 is 30.7 Å². The first kappa shape index (κ1) is 32.0. The molecular weight excluding hydrogens is 550 g/mol. The number of amides is 4. The number of morpholine rings is 1. The van der Waals surface area contributed by atoms with Crippen molar-refractivity contribution in [3.63, 3.8) is 0 Å². The Bertz CT molecular complexity index is 1260. The van der Waals surface area contributed by atoms with Crippen molar-refractivity contribution in [3.8, 4) is 5.75 Å². The van der Waals surface area contributed by atoms with Crippen molar-refractivity contribution in [3.05, 3.63) is 65.2 Å². The molecule has 2 aliphatic heterocycles. The molecule has 11 nitrogen and oxygen atoms in total. The number of hydrogen-bond acceptors (Lipinski definition) is 7. The minimum Gasteiger partial charge on any atom is -0.491 e. The van der Waals surface area contributed by atoms with Gasteiger partial charge in [0, 0.05) is 45.6 Å². The molecule has 2 aromatic carbocycles. The maximum Gasteiger partial charge on any atom is 0.255 e. The minimum atomic E-state index is -0.956. The molecule has 0 aliphatic carbocycles. The van der Waals surface area contributed by atoms with E-state index < -0.39 is 17.9 Å². The first-order chi connectivity index (χ1) is 20.8. The summed E-state index contributed by atoms with van der Waals surface area (Å²) in [4.78, 5) is 54.2. The van der Waals surface area contributed by atoms with Gasteiger partial charge in [0.1, 0.15) is 18.4 Å². The minimum absolute atomic E-state index is 0.00177. The smallest absolute Gasteiger partial charge is 0.255 e. The lowest BCUT2D eigenvalue weighted by Crippen LogP contribution is -2.47. The lowest BCUT2D eigenvalue weighted by atomic mass is 10.0. The van der Waals surface area contributed by atoms with Gasteiger partial charge in [0.15, 0.2) is 0 Å². The highest BCUT2D eigenvalue weighted by atomic mass is 16.5. The quantitative estimate of drug-likeness (QED) is 0.401. The molecule has 1 saturated heterocycles. The summed E-state index contributed by atoms with van der Waals surface area (Å²) in [5, 5.41) is 11.4. The number of rotatable bonds is 6. The summed E-state index contributed by atoms with van der Waals surface area (Å²) < 4.78 is 11.4. The number of ether oxygens (including phenoxy) is 2. The SMILES string of the molecule is CC(C)[C@@H]1COc2ccccc2C(=O)N[C@H](C(=O)NCc2cccc(CN3CCOCC3)c2)CCC(=O)NCCC(=O)N1. The molecule has 4 rings (SSSR count). The second-order valence-electron chi connectivity index (χ2n) is 11.3. The average Bonchev–Trinajstić information content (AvgIpc) is 3.00. The van der Waals surface area contributed by atoms with Gasteiger partial charge in [-0.05, 0) is 35.6 Å². The number of carbonyl (C=O) groups excluding carboxylic acids is 4. The van der Waals surface area contributed by atoms with Crippen molar-refractivity contribution in [1.82, 2.24) is 26.2 Å². The zero-order valence-corrected chi connectivity index (χ0v) is 25.0. The predicted molar refractivity (Wildman–Crippen MR) is 161 cm³/mol. The number of hydrogen-bond donors (Lipinski definition) is 4. The molecule has 43 heavy (non-hydrogen) atoms. The van der Waals surface area contributed by atoms with Crippen molar-refractivity contribution in [2.24, 2.45) is 5.92 Å². The van der Waals surface area contributed by atoms with Crippen LogP contribution in [-0.2, 0) is 32.2 Å². The van der Waals surface area contributed by atoms with E-state index in [-0.39, 0.29) is 68.3 Å². The molecule has 1 fully saturated rings. The molecule has 0 saturated carbocycles. The van der Waals surface area contributed by atoms with Crippen LogP contribution in [-0.4, -0.2) is 80.1 Å². The summed E-state index contributed by atoms with van der Waals surface area (Å²) in [6.45, 7) is 8.58. The fraction of sp³-hybridized carbons (Fsp3) is 0.500. The van der Waals surface area contributed by atoms with E-state index in [1.54, 1.807) is 24.3 Å². The van der Waals surface area contributed by atoms with Gasteiger partial charge in [-0.15, -0.1) is 0 Å². The van der Waals surface area contributed by atoms with Gasteiger partial charge in [0.2, 0.25) is 17.7 Å². The second kappa shape index (κ2) is 16.0. The zero-order valence-electron chi connectivity index (χ0n) is 25.0. The molecule has 11 heteroatoms. The van der Waals surface area contributed by atoms with E-state index in [0.29, 0.717) is 5.75 Å². The van der Waals surface area contributed by atoms with E-state index in [0.717, 1.165) is 44.0 Å². The normalized spacial score (nSPS) is 21.1. The summed E-state index contributed by atoms with van der Waals surface area (Å²) in [5.74, 6) is -0.953. The Morgan fingerprint density at radius 2 is 1.74 bits per heavy atom. The van der Waals surface area contributed by atoms with Gasteiger partial charge in [-0.2, -0.15) is 0 Å². The van der Waals surface area contributed by atoms with Crippen LogP contribution in [0.1, 0.15) is 54.6 Å². The van der Waals surface area contributed by atoms with Crippen molar-refractivity contribution in [2.45, 2.75) is 58.3 Å². The van der Waals surface area contributed by atoms with E-state index in [1.165, 1.54) is 0 Å². The third kappa shape index (κ3) is 10.1. The lowest BCUT2D eigenvalue weighted by molar-refractivity contribution is -0.124. The first-order valence-corrected chi connectivity index (χ1v) is 15.0. The third-order valence-corrected chi connectivity index (χ3v) is 7.63. The molecule has 0 bridgehead atoms. The molecule has 4 amide bonds. The summed E-state index contributed by atoms with van der Waals surface area (Å²) in [6.07, 6.45) is 0.212. The summed E-state index contributed by atoms with van der Waals surface area (Å²) in [5.41, 5.74) is 2.35. The van der Waals surface area contributed by atoms with Crippen molar-refractivity contribution in [1.29, 1.82) is 0 Å². The summed E-state index contributed by atoms with van der Waals surface area (Å²) in [6, 6.07) is 13.6. The Hall–Kier alpha value is -3.96. The van der Waals surface area contributed by atoms with Gasteiger partial charge in [-0.3, -0.25) is 24.1 Å². The Kier molecular flexibility index (Phi) is 11.9. The van der Waals surface area contributed by atoms with Gasteiger partial charge >= 0.3 is 0 Å². The van der Waals surface area contributed by atoms with Crippen LogP contribution in [0, 0.1) is 5.92 Å². The van der Waals surface area contributed by atoms with Crippen LogP contribution in [0.4, 0.5) is 0 Å². The number of fused-ring (bicyclic) bond motifs is 1. The van der Waals surface area contributed by atoms with Crippen LogP contribution in [0.3, 0.4) is 0 Å². The highest BCUT2D eigenvalue weighted by molar-refractivity contribution is 5.99. The standard InChI is InChI=1S/C32H43N5O6/c1-22(2)27-21-43-28-9-4-3-8-25(28)31(40)36-26(10-11-29(38)33-13-12-30(39)35-27)32(41)34-19-23-6-5-7-24(18-23)20-37-14-16-42-17-15-37/h3-9,18,22,26-27H,10-17,19-21H2,1-2H3,(H,33,38)(H,34,41)(H,35,39)(H,36,40)/t26-,27-/m0/s1. The number of nitrogens with one attached hydrogen (secondary N) is 4. The fourth-order valence-electron chi connectivity index (χ4n) is 4.99. The second-order valence-corrected chi connectivity index (χ2v) is 11.3. The largest absolute Gasteiger partial charge is 0.491 e. The highest BCUT2D eigenvalue weighted by Gasteiger charge is 2.25. The topological polar surface area (TPSA) is 138 Å². The Morgan fingerprint density at radius 3 is 2.53 bits per heavy atom. The number of nitrogens with zero attached hydrogens (tertiary/aromatic N) is 1. The van der Waals surface area contributed by atoms with Crippen LogP contribution in [0.5, 0.6) is 5.75 Å². The van der Waals surface area contributed by atoms with Crippen molar-refractivity contribution < 1.29 is 28.7 Å². The van der Waals surface area contributed by atoms with E-state index >= 15 is 0 Å². The van der Waals surface area contributed by atoms with Crippen LogP contribution >= 0.6 is 0 Å². The molecule has 232 valence electrons. The van der Waals surface area contributed by atoms with E-state index in [1.807, 2.05) is 26.0 Å². The predicted octanol–water partition coefficient (Wildman–Crippen LogP) is 1.75. The van der Waals surface area contributed by atoms with Crippen LogP contribution in [0.2, 0.25) is 0 Å².